The van der Waals surface area contributed by atoms with Gasteiger partial charge in [-0.05, 0) is 25.8 Å². The fourth-order valence-electron chi connectivity index (χ4n) is 1.53. The molecule has 1 aliphatic rings. The summed E-state index contributed by atoms with van der Waals surface area (Å²) in [5.41, 5.74) is 4.97. The maximum absolute atomic E-state index is 10.4. The van der Waals surface area contributed by atoms with Gasteiger partial charge in [-0.15, -0.1) is 0 Å². The van der Waals surface area contributed by atoms with Crippen LogP contribution in [0.1, 0.15) is 25.7 Å². The summed E-state index contributed by atoms with van der Waals surface area (Å²) in [5, 5.41) is 12.7. The van der Waals surface area contributed by atoms with Crippen LogP contribution in [0.4, 0.5) is 0 Å². The number of rotatable bonds is 4. The van der Waals surface area contributed by atoms with Crippen LogP contribution in [0.5, 0.6) is 0 Å². The molecule has 0 saturated carbocycles. The lowest BCUT2D eigenvalue weighted by Crippen LogP contribution is -2.35. The molecule has 0 aromatic carbocycles. The Hall–Kier alpha value is -0.610. The molecule has 70 valence electrons. The maximum Gasteiger partial charge on any atom is 0.217 e. The molecule has 0 aliphatic carbocycles. The van der Waals surface area contributed by atoms with Gasteiger partial charge in [0.05, 0.1) is 6.10 Å². The Balaban J connectivity index is 2.17. The average molecular weight is 172 g/mol. The average Bonchev–Trinajstić information content (AvgIpc) is 2.51. The summed E-state index contributed by atoms with van der Waals surface area (Å²) in [5.74, 6) is -0.341. The van der Waals surface area contributed by atoms with E-state index in [1.54, 1.807) is 0 Å². The van der Waals surface area contributed by atoms with Crippen molar-refractivity contribution in [2.24, 2.45) is 5.73 Å². The summed E-state index contributed by atoms with van der Waals surface area (Å²) >= 11 is 0. The van der Waals surface area contributed by atoms with Crippen molar-refractivity contribution in [2.75, 3.05) is 6.54 Å². The molecule has 1 aliphatic heterocycles. The molecule has 0 bridgehead atoms. The molecule has 4 N–H and O–H groups in total. The molecular formula is C8H16N2O2. The van der Waals surface area contributed by atoms with Crippen LogP contribution in [0, 0.1) is 0 Å². The lowest BCUT2D eigenvalue weighted by atomic mass is 10.0. The van der Waals surface area contributed by atoms with E-state index in [2.05, 4.69) is 5.32 Å². The molecule has 0 aromatic rings. The van der Waals surface area contributed by atoms with Gasteiger partial charge < -0.3 is 16.2 Å². The van der Waals surface area contributed by atoms with Crippen molar-refractivity contribution in [1.82, 2.24) is 5.32 Å². The normalized spacial score (nSPS) is 25.6. The van der Waals surface area contributed by atoms with Gasteiger partial charge in [-0.1, -0.05) is 0 Å². The first-order chi connectivity index (χ1) is 5.70. The van der Waals surface area contributed by atoms with Crippen LogP contribution in [-0.4, -0.2) is 29.7 Å². The lowest BCUT2D eigenvalue weighted by molar-refractivity contribution is -0.118. The Morgan fingerprint density at radius 3 is 3.00 bits per heavy atom. The van der Waals surface area contributed by atoms with E-state index >= 15 is 0 Å². The minimum Gasteiger partial charge on any atom is -0.391 e. The highest BCUT2D eigenvalue weighted by Gasteiger charge is 2.22. The van der Waals surface area contributed by atoms with Gasteiger partial charge in [0, 0.05) is 12.5 Å². The van der Waals surface area contributed by atoms with E-state index in [1.807, 2.05) is 0 Å². The maximum atomic E-state index is 10.4. The number of primary amides is 1. The van der Waals surface area contributed by atoms with E-state index in [0.717, 1.165) is 19.4 Å². The summed E-state index contributed by atoms with van der Waals surface area (Å²) < 4.78 is 0. The summed E-state index contributed by atoms with van der Waals surface area (Å²) in [7, 11) is 0. The number of nitrogens with one attached hydrogen (secondary N) is 1. The van der Waals surface area contributed by atoms with Crippen LogP contribution < -0.4 is 11.1 Å². The van der Waals surface area contributed by atoms with E-state index in [9.17, 15) is 9.90 Å². The molecule has 1 rings (SSSR count). The zero-order chi connectivity index (χ0) is 8.97. The van der Waals surface area contributed by atoms with Gasteiger partial charge in [0.15, 0.2) is 0 Å². The van der Waals surface area contributed by atoms with Crippen molar-refractivity contribution in [3.8, 4) is 0 Å². The van der Waals surface area contributed by atoms with Crippen molar-refractivity contribution < 1.29 is 9.90 Å². The van der Waals surface area contributed by atoms with E-state index in [0.29, 0.717) is 6.42 Å². The molecule has 12 heavy (non-hydrogen) atoms. The van der Waals surface area contributed by atoms with Gasteiger partial charge in [-0.2, -0.15) is 0 Å². The van der Waals surface area contributed by atoms with Gasteiger partial charge in [0.25, 0.3) is 0 Å². The second-order valence-corrected chi connectivity index (χ2v) is 3.28. The van der Waals surface area contributed by atoms with Crippen LogP contribution in [0.25, 0.3) is 0 Å². The van der Waals surface area contributed by atoms with Gasteiger partial charge in [-0.3, -0.25) is 4.79 Å². The predicted molar refractivity (Wildman–Crippen MR) is 45.5 cm³/mol. The fraction of sp³-hybridized carbons (Fsp3) is 0.875. The summed E-state index contributed by atoms with van der Waals surface area (Å²) in [6.07, 6.45) is 2.45. The second-order valence-electron chi connectivity index (χ2n) is 3.28. The summed E-state index contributed by atoms with van der Waals surface area (Å²) in [6, 6.07) is 0.171. The van der Waals surface area contributed by atoms with E-state index in [-0.39, 0.29) is 18.4 Å². The highest BCUT2D eigenvalue weighted by molar-refractivity contribution is 5.73. The number of hydrogen-bond acceptors (Lipinski definition) is 3. The van der Waals surface area contributed by atoms with Crippen molar-refractivity contribution in [3.05, 3.63) is 0 Å². The van der Waals surface area contributed by atoms with Crippen LogP contribution in [-0.2, 0) is 4.79 Å². The van der Waals surface area contributed by atoms with Crippen molar-refractivity contribution >= 4 is 5.91 Å². The predicted octanol–water partition coefficient (Wildman–Crippen LogP) is -0.635. The monoisotopic (exact) mass is 172 g/mol. The quantitative estimate of drug-likeness (QED) is 0.528. The SMILES string of the molecule is NC(=O)CC[C@H](O)C1CCCN1. The smallest absolute Gasteiger partial charge is 0.217 e. The number of aliphatic hydroxyl groups excluding tert-OH is 1. The standard InChI is InChI=1S/C8H16N2O2/c9-8(12)4-3-7(11)6-2-1-5-10-6/h6-7,10-11H,1-5H2,(H2,9,12)/t6?,7-/m0/s1. The molecule has 4 heteroatoms. The lowest BCUT2D eigenvalue weighted by Gasteiger charge is -2.16. The number of carbonyl (C=O) groups is 1. The summed E-state index contributed by atoms with van der Waals surface area (Å²) in [6.45, 7) is 0.971. The molecule has 0 spiro atoms. The largest absolute Gasteiger partial charge is 0.391 e. The molecule has 0 aromatic heterocycles. The topological polar surface area (TPSA) is 75.4 Å². The van der Waals surface area contributed by atoms with Crippen LogP contribution in [0.3, 0.4) is 0 Å². The van der Waals surface area contributed by atoms with E-state index in [4.69, 9.17) is 5.73 Å². The first-order valence-corrected chi connectivity index (χ1v) is 4.40. The highest BCUT2D eigenvalue weighted by Crippen LogP contribution is 2.12. The molecule has 2 atom stereocenters. The van der Waals surface area contributed by atoms with Crippen LogP contribution in [0.2, 0.25) is 0 Å². The third-order valence-corrected chi connectivity index (χ3v) is 2.25. The Bertz CT molecular complexity index is 155. The molecule has 1 unspecified atom stereocenters. The third kappa shape index (κ3) is 2.79. The Kier molecular flexibility index (Phi) is 3.49. The third-order valence-electron chi connectivity index (χ3n) is 2.25. The van der Waals surface area contributed by atoms with Gasteiger partial charge in [0.1, 0.15) is 0 Å². The minimum atomic E-state index is -0.417. The van der Waals surface area contributed by atoms with Crippen molar-refractivity contribution in [1.29, 1.82) is 0 Å². The molecule has 4 nitrogen and oxygen atoms in total. The number of carbonyl (C=O) groups excluding carboxylic acids is 1. The molecule has 1 fully saturated rings. The zero-order valence-electron chi connectivity index (χ0n) is 7.12. The van der Waals surface area contributed by atoms with E-state index in [1.165, 1.54) is 0 Å². The highest BCUT2D eigenvalue weighted by atomic mass is 16.3. The molecular weight excluding hydrogens is 156 g/mol. The Labute approximate surface area is 72.1 Å². The first-order valence-electron chi connectivity index (χ1n) is 4.40. The zero-order valence-corrected chi connectivity index (χ0v) is 7.12. The molecule has 1 heterocycles. The molecule has 0 radical (unpaired) electrons. The van der Waals surface area contributed by atoms with Crippen molar-refractivity contribution in [3.63, 3.8) is 0 Å². The summed E-state index contributed by atoms with van der Waals surface area (Å²) in [4.78, 5) is 10.4. The number of hydrogen-bond donors (Lipinski definition) is 3. The van der Waals surface area contributed by atoms with Crippen molar-refractivity contribution in [2.45, 2.75) is 37.8 Å². The Morgan fingerprint density at radius 2 is 2.50 bits per heavy atom. The van der Waals surface area contributed by atoms with Gasteiger partial charge >= 0.3 is 0 Å². The molecule has 1 amide bonds. The van der Waals surface area contributed by atoms with Gasteiger partial charge in [0.2, 0.25) is 5.91 Å². The number of amides is 1. The van der Waals surface area contributed by atoms with Gasteiger partial charge in [-0.25, -0.2) is 0 Å². The van der Waals surface area contributed by atoms with E-state index < -0.39 is 6.10 Å². The molecule has 1 saturated heterocycles. The van der Waals surface area contributed by atoms with Crippen LogP contribution >= 0.6 is 0 Å². The fourth-order valence-corrected chi connectivity index (χ4v) is 1.53. The minimum absolute atomic E-state index is 0.171. The Morgan fingerprint density at radius 1 is 1.75 bits per heavy atom. The second kappa shape index (κ2) is 4.42. The number of aliphatic hydroxyl groups is 1. The number of nitrogens with two attached hydrogens (primary N) is 1. The van der Waals surface area contributed by atoms with Crippen LogP contribution in [0.15, 0.2) is 0 Å². The first kappa shape index (κ1) is 9.48.